The quantitative estimate of drug-likeness (QED) is 0.363. The lowest BCUT2D eigenvalue weighted by atomic mass is 10.3. The summed E-state index contributed by atoms with van der Waals surface area (Å²) in [6.45, 7) is 0. The van der Waals surface area contributed by atoms with Gasteiger partial charge in [0, 0.05) is 0 Å². The van der Waals surface area contributed by atoms with Crippen molar-refractivity contribution >= 4 is 50.3 Å². The zero-order valence-corrected chi connectivity index (χ0v) is 12.2. The Balaban J connectivity index is 3.82. The first-order valence-electron chi connectivity index (χ1n) is 4.26. The highest BCUT2D eigenvalue weighted by Gasteiger charge is 2.35. The molecule has 0 bridgehead atoms. The molecule has 0 aliphatic carbocycles. The molecule has 0 saturated carbocycles. The molecule has 13 heteroatoms. The molecule has 0 fully saturated rings. The molecule has 0 heterocycles. The molecule has 108 valence electrons. The molecule has 1 rings (SSSR count). The van der Waals surface area contributed by atoms with Gasteiger partial charge in [0.1, 0.15) is 0 Å². The SMILES string of the molecule is O=P(O)(O)c1cc(P(=O)(O)O)c(P(=O)(O)O)cc1Cl. The predicted octanol–water partition coefficient (Wildman–Crippen LogP) is -1.25. The van der Waals surface area contributed by atoms with Crippen molar-refractivity contribution in [1.29, 1.82) is 0 Å². The molecule has 0 atom stereocenters. The van der Waals surface area contributed by atoms with Crippen LogP contribution in [0.15, 0.2) is 12.1 Å². The fourth-order valence-corrected chi connectivity index (χ4v) is 4.64. The molecule has 1 aromatic carbocycles. The van der Waals surface area contributed by atoms with E-state index in [2.05, 4.69) is 0 Å². The van der Waals surface area contributed by atoms with Crippen LogP contribution < -0.4 is 15.9 Å². The van der Waals surface area contributed by atoms with Crippen LogP contribution in [0.2, 0.25) is 5.02 Å². The summed E-state index contributed by atoms with van der Waals surface area (Å²) in [5.41, 5.74) is 0. The van der Waals surface area contributed by atoms with Crippen molar-refractivity contribution in [2.45, 2.75) is 0 Å². The van der Waals surface area contributed by atoms with Crippen LogP contribution in [0.4, 0.5) is 0 Å². The van der Waals surface area contributed by atoms with E-state index in [1.54, 1.807) is 0 Å². The smallest absolute Gasteiger partial charge is 0.321 e. The maximum absolute atomic E-state index is 11.1. The maximum Gasteiger partial charge on any atom is 0.357 e. The van der Waals surface area contributed by atoms with Crippen molar-refractivity contribution in [2.24, 2.45) is 0 Å². The van der Waals surface area contributed by atoms with Gasteiger partial charge in [0.2, 0.25) is 0 Å². The van der Waals surface area contributed by atoms with Gasteiger partial charge in [-0.2, -0.15) is 0 Å². The lowest BCUT2D eigenvalue weighted by Gasteiger charge is -2.15. The lowest BCUT2D eigenvalue weighted by Crippen LogP contribution is -2.29. The predicted molar refractivity (Wildman–Crippen MR) is 66.5 cm³/mol. The average molecular weight is 352 g/mol. The Morgan fingerprint density at radius 2 is 1.00 bits per heavy atom. The van der Waals surface area contributed by atoms with E-state index in [0.29, 0.717) is 12.1 Å². The van der Waals surface area contributed by atoms with Crippen LogP contribution >= 0.6 is 34.4 Å². The number of halogens is 1. The third-order valence-corrected chi connectivity index (χ3v) is 5.60. The van der Waals surface area contributed by atoms with Crippen molar-refractivity contribution < 1.29 is 43.1 Å². The van der Waals surface area contributed by atoms with E-state index in [0.717, 1.165) is 0 Å². The maximum atomic E-state index is 11.1. The van der Waals surface area contributed by atoms with E-state index in [9.17, 15) is 13.7 Å². The Morgan fingerprint density at radius 3 is 1.32 bits per heavy atom. The molecular weight excluding hydrogens is 344 g/mol. The Kier molecular flexibility index (Phi) is 4.53. The first-order valence-corrected chi connectivity index (χ1v) is 9.48. The number of hydrogen-bond acceptors (Lipinski definition) is 3. The van der Waals surface area contributed by atoms with Crippen LogP contribution in [0.5, 0.6) is 0 Å². The minimum Gasteiger partial charge on any atom is -0.321 e. The molecule has 1 aromatic rings. The van der Waals surface area contributed by atoms with E-state index in [-0.39, 0.29) is 0 Å². The Hall–Kier alpha value is -0.0400. The molecule has 9 nitrogen and oxygen atoms in total. The van der Waals surface area contributed by atoms with Gasteiger partial charge in [-0.25, -0.2) is 0 Å². The van der Waals surface area contributed by atoms with Crippen LogP contribution in [-0.2, 0) is 13.7 Å². The lowest BCUT2D eigenvalue weighted by molar-refractivity contribution is 0.381. The van der Waals surface area contributed by atoms with Crippen molar-refractivity contribution in [2.75, 3.05) is 0 Å². The van der Waals surface area contributed by atoms with Crippen LogP contribution in [0.3, 0.4) is 0 Å². The fraction of sp³-hybridized carbons (Fsp3) is 0. The number of benzene rings is 1. The average Bonchev–Trinajstić information content (AvgIpc) is 2.11. The fourth-order valence-electron chi connectivity index (χ4n) is 1.23. The van der Waals surface area contributed by atoms with Crippen molar-refractivity contribution in [3.8, 4) is 0 Å². The first-order chi connectivity index (χ1) is 8.24. The normalized spacial score (nSPS) is 13.6. The highest BCUT2D eigenvalue weighted by atomic mass is 35.5. The molecule has 0 radical (unpaired) electrons. The standard InChI is InChI=1S/C6H8ClO9P3/c7-3-1-5(18(11,12)13)6(19(14,15)16)2-4(3)17(8,9)10/h1-2H,(H2,8,9,10)(H2,11,12,13)(H2,14,15,16). The van der Waals surface area contributed by atoms with Gasteiger partial charge >= 0.3 is 22.8 Å². The Labute approximate surface area is 111 Å². The van der Waals surface area contributed by atoms with E-state index in [1.807, 2.05) is 0 Å². The molecule has 0 aromatic heterocycles. The van der Waals surface area contributed by atoms with Crippen molar-refractivity contribution in [1.82, 2.24) is 0 Å². The summed E-state index contributed by atoms with van der Waals surface area (Å²) >= 11 is 5.45. The minimum absolute atomic E-state index is 0.304. The molecular formula is C6H8ClO9P3. The summed E-state index contributed by atoms with van der Waals surface area (Å²) in [6, 6.07) is 0.740. The molecule has 0 spiro atoms. The molecule has 19 heavy (non-hydrogen) atoms. The van der Waals surface area contributed by atoms with Gasteiger partial charge in [-0.1, -0.05) is 11.6 Å². The topological polar surface area (TPSA) is 173 Å². The van der Waals surface area contributed by atoms with E-state index in [1.165, 1.54) is 0 Å². The highest BCUT2D eigenvalue weighted by Crippen LogP contribution is 2.43. The molecule has 0 saturated heterocycles. The van der Waals surface area contributed by atoms with Gasteiger partial charge < -0.3 is 29.4 Å². The summed E-state index contributed by atoms with van der Waals surface area (Å²) in [7, 11) is -15.2. The second kappa shape index (κ2) is 5.06. The zero-order valence-electron chi connectivity index (χ0n) is 8.78. The van der Waals surface area contributed by atoms with Crippen LogP contribution in [0.1, 0.15) is 0 Å². The minimum atomic E-state index is -5.16. The monoisotopic (exact) mass is 352 g/mol. The van der Waals surface area contributed by atoms with Gasteiger partial charge in [0.05, 0.1) is 20.9 Å². The number of hydrogen-bond donors (Lipinski definition) is 6. The summed E-state index contributed by atoms with van der Waals surface area (Å²) in [5.74, 6) is 0. The van der Waals surface area contributed by atoms with Crippen LogP contribution in [-0.4, -0.2) is 29.4 Å². The second-order valence-electron chi connectivity index (χ2n) is 3.42. The van der Waals surface area contributed by atoms with Gasteiger partial charge in [0.15, 0.2) is 0 Å². The Bertz CT molecular complexity index is 652. The van der Waals surface area contributed by atoms with Crippen LogP contribution in [0.25, 0.3) is 0 Å². The van der Waals surface area contributed by atoms with Gasteiger partial charge in [0.25, 0.3) is 0 Å². The third-order valence-electron chi connectivity index (χ3n) is 1.99. The molecule has 6 N–H and O–H groups in total. The molecule has 0 amide bonds. The van der Waals surface area contributed by atoms with Gasteiger partial charge in [-0.3, -0.25) is 13.7 Å². The number of rotatable bonds is 3. The molecule has 0 unspecified atom stereocenters. The first kappa shape index (κ1) is 17.0. The Morgan fingerprint density at radius 1 is 0.684 bits per heavy atom. The second-order valence-corrected chi connectivity index (χ2v) is 8.54. The van der Waals surface area contributed by atoms with E-state index >= 15 is 0 Å². The largest absolute Gasteiger partial charge is 0.357 e. The van der Waals surface area contributed by atoms with E-state index in [4.69, 9.17) is 41.0 Å². The van der Waals surface area contributed by atoms with Gasteiger partial charge in [-0.15, -0.1) is 0 Å². The zero-order chi connectivity index (χ0) is 15.2. The third kappa shape index (κ3) is 3.97. The van der Waals surface area contributed by atoms with Crippen LogP contribution in [0, 0.1) is 0 Å². The summed E-state index contributed by atoms with van der Waals surface area (Å²) in [4.78, 5) is 53.8. The molecule has 0 aliphatic rings. The summed E-state index contributed by atoms with van der Waals surface area (Å²) < 4.78 is 33.3. The van der Waals surface area contributed by atoms with E-state index < -0.39 is 43.7 Å². The highest BCUT2D eigenvalue weighted by molar-refractivity contribution is 7.67. The summed E-state index contributed by atoms with van der Waals surface area (Å²) in [6.07, 6.45) is 0. The summed E-state index contributed by atoms with van der Waals surface area (Å²) in [5, 5.41) is -3.89. The van der Waals surface area contributed by atoms with Crippen molar-refractivity contribution in [3.05, 3.63) is 17.2 Å². The van der Waals surface area contributed by atoms with Gasteiger partial charge in [-0.05, 0) is 12.1 Å². The molecule has 0 aliphatic heterocycles. The van der Waals surface area contributed by atoms with Crippen molar-refractivity contribution in [3.63, 3.8) is 0 Å².